The molecule has 0 aliphatic carbocycles. The first-order chi connectivity index (χ1) is 7.63. The molecule has 0 saturated heterocycles. The highest BCUT2D eigenvalue weighted by atomic mass is 32.2. The third-order valence-electron chi connectivity index (χ3n) is 2.16. The van der Waals surface area contributed by atoms with Gasteiger partial charge in [-0.3, -0.25) is 4.21 Å². The highest BCUT2D eigenvalue weighted by molar-refractivity contribution is 7.84. The van der Waals surface area contributed by atoms with E-state index in [1.165, 1.54) is 12.1 Å². The zero-order chi connectivity index (χ0) is 12.0. The summed E-state index contributed by atoms with van der Waals surface area (Å²) in [6.07, 6.45) is 0. The maximum Gasteiger partial charge on any atom is 0.130 e. The molecule has 1 unspecified atom stereocenters. The summed E-state index contributed by atoms with van der Waals surface area (Å²) in [6, 6.07) is 3.50. The van der Waals surface area contributed by atoms with Gasteiger partial charge in [-0.2, -0.15) is 0 Å². The van der Waals surface area contributed by atoms with Crippen LogP contribution in [0.25, 0.3) is 0 Å². The van der Waals surface area contributed by atoms with Crippen LogP contribution in [0.1, 0.15) is 12.5 Å². The van der Waals surface area contributed by atoms with Gasteiger partial charge in [0, 0.05) is 47.0 Å². The first-order valence-corrected chi connectivity index (χ1v) is 6.62. The predicted molar refractivity (Wildman–Crippen MR) is 61.6 cm³/mol. The average molecular weight is 247 g/mol. The molecule has 0 aliphatic rings. The zero-order valence-electron chi connectivity index (χ0n) is 9.13. The quantitative estimate of drug-likeness (QED) is 0.777. The molecule has 0 radical (unpaired) electrons. The molecule has 5 heteroatoms. The Morgan fingerprint density at radius 1 is 1.38 bits per heavy atom. The summed E-state index contributed by atoms with van der Waals surface area (Å²) < 4.78 is 36.8. The molecule has 0 amide bonds. The summed E-state index contributed by atoms with van der Waals surface area (Å²) in [5.74, 6) is 0.0591. The van der Waals surface area contributed by atoms with Crippen molar-refractivity contribution in [1.82, 2.24) is 5.32 Å². The fourth-order valence-electron chi connectivity index (χ4n) is 1.22. The van der Waals surface area contributed by atoms with E-state index in [0.29, 0.717) is 30.2 Å². The summed E-state index contributed by atoms with van der Waals surface area (Å²) >= 11 is 0. The molecule has 0 saturated carbocycles. The van der Waals surface area contributed by atoms with Crippen molar-refractivity contribution >= 4 is 10.8 Å². The van der Waals surface area contributed by atoms with Gasteiger partial charge in [0.2, 0.25) is 0 Å². The molecule has 0 aliphatic heterocycles. The van der Waals surface area contributed by atoms with E-state index < -0.39 is 22.4 Å². The lowest BCUT2D eigenvalue weighted by Gasteiger charge is -2.05. The Hall–Kier alpha value is -0.810. The maximum atomic E-state index is 13.2. The summed E-state index contributed by atoms with van der Waals surface area (Å²) in [5.41, 5.74) is 0.420. The van der Waals surface area contributed by atoms with E-state index >= 15 is 0 Å². The van der Waals surface area contributed by atoms with Crippen LogP contribution in [0, 0.1) is 11.6 Å². The van der Waals surface area contributed by atoms with Crippen LogP contribution in [0.3, 0.4) is 0 Å². The molecular weight excluding hydrogens is 232 g/mol. The van der Waals surface area contributed by atoms with Crippen molar-refractivity contribution in [2.75, 3.05) is 18.1 Å². The van der Waals surface area contributed by atoms with Crippen molar-refractivity contribution in [2.45, 2.75) is 13.5 Å². The minimum Gasteiger partial charge on any atom is -0.312 e. The van der Waals surface area contributed by atoms with Crippen LogP contribution >= 0.6 is 0 Å². The Balaban J connectivity index is 2.35. The van der Waals surface area contributed by atoms with Crippen LogP contribution in [-0.4, -0.2) is 22.3 Å². The van der Waals surface area contributed by atoms with E-state index in [1.807, 2.05) is 6.92 Å². The molecule has 0 bridgehead atoms. The molecule has 1 aromatic rings. The summed E-state index contributed by atoms with van der Waals surface area (Å²) in [6.45, 7) is 2.75. The fourth-order valence-corrected chi connectivity index (χ4v) is 1.88. The molecule has 1 rings (SSSR count). The van der Waals surface area contributed by atoms with E-state index in [2.05, 4.69) is 5.32 Å². The number of hydrogen-bond donors (Lipinski definition) is 1. The van der Waals surface area contributed by atoms with Crippen molar-refractivity contribution < 1.29 is 13.0 Å². The highest BCUT2D eigenvalue weighted by Gasteiger charge is 2.03. The van der Waals surface area contributed by atoms with Crippen LogP contribution in [0.2, 0.25) is 0 Å². The van der Waals surface area contributed by atoms with Crippen molar-refractivity contribution in [3.05, 3.63) is 35.4 Å². The molecule has 1 N–H and O–H groups in total. The van der Waals surface area contributed by atoms with Gasteiger partial charge in [-0.05, 0) is 6.07 Å². The molecule has 2 nitrogen and oxygen atoms in total. The van der Waals surface area contributed by atoms with Crippen molar-refractivity contribution in [3.8, 4) is 0 Å². The molecule has 0 spiro atoms. The molecule has 0 fully saturated rings. The van der Waals surface area contributed by atoms with Gasteiger partial charge < -0.3 is 5.32 Å². The second-order valence-electron chi connectivity index (χ2n) is 3.35. The van der Waals surface area contributed by atoms with Gasteiger partial charge in [0.25, 0.3) is 0 Å². The maximum absolute atomic E-state index is 13.2. The molecule has 16 heavy (non-hydrogen) atoms. The van der Waals surface area contributed by atoms with Crippen LogP contribution in [0.5, 0.6) is 0 Å². The van der Waals surface area contributed by atoms with Gasteiger partial charge in [0.1, 0.15) is 11.6 Å². The van der Waals surface area contributed by atoms with Crippen LogP contribution in [0.15, 0.2) is 18.2 Å². The standard InChI is InChI=1S/C11H15F2NOS/c1-2-16(15)6-5-14-8-9-3-4-10(12)7-11(9)13/h3-4,7,14H,2,5-6,8H2,1H3. The second-order valence-corrected chi connectivity index (χ2v) is 5.21. The number of nitrogens with one attached hydrogen (secondary N) is 1. The van der Waals surface area contributed by atoms with Crippen LogP contribution < -0.4 is 5.32 Å². The Bertz CT molecular complexity index is 371. The van der Waals surface area contributed by atoms with Crippen LogP contribution in [0.4, 0.5) is 8.78 Å². The molecule has 90 valence electrons. The number of hydrogen-bond acceptors (Lipinski definition) is 2. The molecule has 0 aromatic heterocycles. The first-order valence-electron chi connectivity index (χ1n) is 5.13. The SMILES string of the molecule is CCS(=O)CCNCc1ccc(F)cc1F. The van der Waals surface area contributed by atoms with Crippen LogP contribution in [-0.2, 0) is 17.3 Å². The molecule has 1 atom stereocenters. The van der Waals surface area contributed by atoms with E-state index in [-0.39, 0.29) is 0 Å². The predicted octanol–water partition coefficient (Wildman–Crippen LogP) is 1.82. The Kier molecular flexibility index (Phi) is 5.55. The van der Waals surface area contributed by atoms with Gasteiger partial charge in [-0.15, -0.1) is 0 Å². The Morgan fingerprint density at radius 2 is 2.12 bits per heavy atom. The molecule has 0 heterocycles. The minimum absolute atomic E-state index is 0.326. The third kappa shape index (κ3) is 4.37. The number of benzene rings is 1. The topological polar surface area (TPSA) is 29.1 Å². The zero-order valence-corrected chi connectivity index (χ0v) is 9.95. The van der Waals surface area contributed by atoms with Crippen molar-refractivity contribution in [3.63, 3.8) is 0 Å². The first kappa shape index (κ1) is 13.3. The lowest BCUT2D eigenvalue weighted by atomic mass is 10.2. The fraction of sp³-hybridized carbons (Fsp3) is 0.455. The smallest absolute Gasteiger partial charge is 0.130 e. The summed E-state index contributed by atoms with van der Waals surface area (Å²) in [5, 5.41) is 2.97. The average Bonchev–Trinajstić information content (AvgIpc) is 2.26. The highest BCUT2D eigenvalue weighted by Crippen LogP contribution is 2.08. The lowest BCUT2D eigenvalue weighted by Crippen LogP contribution is -2.21. The second kappa shape index (κ2) is 6.70. The molecule has 1 aromatic carbocycles. The number of rotatable bonds is 6. The minimum atomic E-state index is -0.810. The van der Waals surface area contributed by atoms with Crippen molar-refractivity contribution in [2.24, 2.45) is 0 Å². The van der Waals surface area contributed by atoms with Gasteiger partial charge >= 0.3 is 0 Å². The van der Waals surface area contributed by atoms with E-state index in [0.717, 1.165) is 6.07 Å². The van der Waals surface area contributed by atoms with Gasteiger partial charge in [0.05, 0.1) is 0 Å². The largest absolute Gasteiger partial charge is 0.312 e. The van der Waals surface area contributed by atoms with Gasteiger partial charge in [-0.25, -0.2) is 8.78 Å². The normalized spacial score (nSPS) is 12.7. The lowest BCUT2D eigenvalue weighted by molar-refractivity contribution is 0.563. The molecular formula is C11H15F2NOS. The summed E-state index contributed by atoms with van der Waals surface area (Å²) in [4.78, 5) is 0. The van der Waals surface area contributed by atoms with E-state index in [9.17, 15) is 13.0 Å². The van der Waals surface area contributed by atoms with E-state index in [1.54, 1.807) is 0 Å². The van der Waals surface area contributed by atoms with E-state index in [4.69, 9.17) is 0 Å². The number of halogens is 2. The van der Waals surface area contributed by atoms with Crippen molar-refractivity contribution in [1.29, 1.82) is 0 Å². The van der Waals surface area contributed by atoms with Gasteiger partial charge in [-0.1, -0.05) is 13.0 Å². The Morgan fingerprint density at radius 3 is 2.75 bits per heavy atom. The Labute approximate surface area is 96.5 Å². The third-order valence-corrected chi connectivity index (χ3v) is 3.46. The monoisotopic (exact) mass is 247 g/mol. The summed E-state index contributed by atoms with van der Waals surface area (Å²) in [7, 11) is -0.810. The van der Waals surface area contributed by atoms with Gasteiger partial charge in [0.15, 0.2) is 0 Å².